The second-order valence-corrected chi connectivity index (χ2v) is 4.73. The standard InChI is InChI=1S/C13H14FNO4/c1-7(13(18)19)8-5-15(6-8)12(17)11-9(14)3-2-4-10(11)16/h2-4,7-8,16H,5-6H2,1H3,(H,18,19). The fourth-order valence-electron chi connectivity index (χ4n) is 2.08. The van der Waals surface area contributed by atoms with E-state index in [-0.39, 0.29) is 24.6 Å². The van der Waals surface area contributed by atoms with Gasteiger partial charge in [0, 0.05) is 19.0 Å². The number of aliphatic carboxylic acids is 1. The minimum Gasteiger partial charge on any atom is -0.507 e. The minimum absolute atomic E-state index is 0.129. The molecule has 1 unspecified atom stereocenters. The summed E-state index contributed by atoms with van der Waals surface area (Å²) in [6.07, 6.45) is 0. The van der Waals surface area contributed by atoms with Gasteiger partial charge < -0.3 is 15.1 Å². The fraction of sp³-hybridized carbons (Fsp3) is 0.385. The highest BCUT2D eigenvalue weighted by atomic mass is 19.1. The lowest BCUT2D eigenvalue weighted by molar-refractivity contribution is -0.144. The Morgan fingerprint density at radius 3 is 2.58 bits per heavy atom. The van der Waals surface area contributed by atoms with Crippen molar-refractivity contribution in [2.75, 3.05) is 13.1 Å². The van der Waals surface area contributed by atoms with Crippen molar-refractivity contribution in [3.05, 3.63) is 29.6 Å². The maximum atomic E-state index is 13.5. The van der Waals surface area contributed by atoms with E-state index in [1.165, 1.54) is 17.0 Å². The number of hydrogen-bond donors (Lipinski definition) is 2. The molecule has 0 aliphatic carbocycles. The number of benzene rings is 1. The van der Waals surface area contributed by atoms with Crippen LogP contribution in [-0.2, 0) is 4.79 Å². The summed E-state index contributed by atoms with van der Waals surface area (Å²) in [6, 6.07) is 3.66. The zero-order valence-corrected chi connectivity index (χ0v) is 10.3. The van der Waals surface area contributed by atoms with E-state index in [1.807, 2.05) is 0 Å². The quantitative estimate of drug-likeness (QED) is 0.866. The second kappa shape index (κ2) is 4.87. The summed E-state index contributed by atoms with van der Waals surface area (Å²) in [7, 11) is 0. The Kier molecular flexibility index (Phi) is 3.42. The van der Waals surface area contributed by atoms with E-state index >= 15 is 0 Å². The SMILES string of the molecule is CC(C(=O)O)C1CN(C(=O)c2c(O)cccc2F)C1. The van der Waals surface area contributed by atoms with Gasteiger partial charge >= 0.3 is 5.97 Å². The summed E-state index contributed by atoms with van der Waals surface area (Å²) >= 11 is 0. The van der Waals surface area contributed by atoms with Crippen LogP contribution in [0.2, 0.25) is 0 Å². The molecule has 0 saturated carbocycles. The number of carbonyl (C=O) groups excluding carboxylic acids is 1. The normalized spacial score (nSPS) is 16.8. The Morgan fingerprint density at radius 1 is 1.42 bits per heavy atom. The highest BCUT2D eigenvalue weighted by Gasteiger charge is 2.38. The molecule has 102 valence electrons. The van der Waals surface area contributed by atoms with Crippen LogP contribution < -0.4 is 0 Å². The Bertz CT molecular complexity index is 505. The van der Waals surface area contributed by atoms with Crippen LogP contribution in [0.1, 0.15) is 17.3 Å². The van der Waals surface area contributed by atoms with Crippen molar-refractivity contribution in [3.63, 3.8) is 0 Å². The number of likely N-dealkylation sites (tertiary alicyclic amines) is 1. The van der Waals surface area contributed by atoms with Crippen molar-refractivity contribution in [2.45, 2.75) is 6.92 Å². The maximum Gasteiger partial charge on any atom is 0.306 e. The molecule has 1 aliphatic rings. The van der Waals surface area contributed by atoms with Gasteiger partial charge in [0.25, 0.3) is 5.91 Å². The molecule has 0 aromatic heterocycles. The molecule has 0 spiro atoms. The predicted molar refractivity (Wildman–Crippen MR) is 64.3 cm³/mol. The van der Waals surface area contributed by atoms with Gasteiger partial charge in [-0.3, -0.25) is 9.59 Å². The molecular weight excluding hydrogens is 253 g/mol. The summed E-state index contributed by atoms with van der Waals surface area (Å²) in [6.45, 7) is 2.11. The van der Waals surface area contributed by atoms with Crippen LogP contribution in [0.15, 0.2) is 18.2 Å². The molecule has 1 saturated heterocycles. The van der Waals surface area contributed by atoms with Crippen LogP contribution in [0.3, 0.4) is 0 Å². The lowest BCUT2D eigenvalue weighted by Gasteiger charge is -2.41. The van der Waals surface area contributed by atoms with Gasteiger partial charge in [-0.05, 0) is 12.1 Å². The number of carboxylic acids is 1. The smallest absolute Gasteiger partial charge is 0.306 e. The third-order valence-electron chi connectivity index (χ3n) is 3.50. The lowest BCUT2D eigenvalue weighted by atomic mass is 9.86. The van der Waals surface area contributed by atoms with Gasteiger partial charge in [-0.25, -0.2) is 4.39 Å². The van der Waals surface area contributed by atoms with E-state index in [9.17, 15) is 19.1 Å². The third kappa shape index (κ3) is 2.38. The first-order chi connectivity index (χ1) is 8.91. The van der Waals surface area contributed by atoms with Crippen molar-refractivity contribution in [3.8, 4) is 5.75 Å². The van der Waals surface area contributed by atoms with Crippen molar-refractivity contribution in [2.24, 2.45) is 11.8 Å². The third-order valence-corrected chi connectivity index (χ3v) is 3.50. The summed E-state index contributed by atoms with van der Waals surface area (Å²) in [5, 5.41) is 18.4. The molecule has 2 rings (SSSR count). The second-order valence-electron chi connectivity index (χ2n) is 4.73. The number of carbonyl (C=O) groups is 2. The molecule has 0 radical (unpaired) electrons. The molecule has 2 N–H and O–H groups in total. The zero-order chi connectivity index (χ0) is 14.2. The van der Waals surface area contributed by atoms with Crippen LogP contribution in [0.4, 0.5) is 4.39 Å². The Balaban J connectivity index is 2.06. The average Bonchev–Trinajstić information content (AvgIpc) is 2.26. The lowest BCUT2D eigenvalue weighted by Crippen LogP contribution is -2.53. The molecular formula is C13H14FNO4. The zero-order valence-electron chi connectivity index (χ0n) is 10.3. The van der Waals surface area contributed by atoms with Crippen LogP contribution in [0.5, 0.6) is 5.75 Å². The molecule has 6 heteroatoms. The highest BCUT2D eigenvalue weighted by molar-refractivity contribution is 5.97. The molecule has 1 aliphatic heterocycles. The highest BCUT2D eigenvalue weighted by Crippen LogP contribution is 2.29. The predicted octanol–water partition coefficient (Wildman–Crippen LogP) is 1.32. The number of hydrogen-bond acceptors (Lipinski definition) is 3. The van der Waals surface area contributed by atoms with Gasteiger partial charge in [-0.1, -0.05) is 13.0 Å². The molecule has 1 fully saturated rings. The Labute approximate surface area is 109 Å². The molecule has 1 amide bonds. The number of phenols is 1. The van der Waals surface area contributed by atoms with Crippen molar-refractivity contribution in [1.29, 1.82) is 0 Å². The first-order valence-electron chi connectivity index (χ1n) is 5.91. The van der Waals surface area contributed by atoms with Crippen LogP contribution in [0, 0.1) is 17.7 Å². The minimum atomic E-state index is -0.911. The first-order valence-corrected chi connectivity index (χ1v) is 5.91. The van der Waals surface area contributed by atoms with Crippen LogP contribution >= 0.6 is 0 Å². The van der Waals surface area contributed by atoms with E-state index < -0.39 is 29.4 Å². The molecule has 5 nitrogen and oxygen atoms in total. The Hall–Kier alpha value is -2.11. The number of rotatable bonds is 3. The number of nitrogens with zero attached hydrogens (tertiary/aromatic N) is 1. The molecule has 1 aromatic carbocycles. The summed E-state index contributed by atoms with van der Waals surface area (Å²) < 4.78 is 13.5. The van der Waals surface area contributed by atoms with Crippen molar-refractivity contribution < 1.29 is 24.2 Å². The van der Waals surface area contributed by atoms with E-state index in [0.717, 1.165) is 6.07 Å². The molecule has 0 bridgehead atoms. The number of halogens is 1. The number of phenolic OH excluding ortho intramolecular Hbond substituents is 1. The van der Waals surface area contributed by atoms with Gasteiger partial charge in [0.05, 0.1) is 5.92 Å². The average molecular weight is 267 g/mol. The molecule has 1 aromatic rings. The molecule has 1 heterocycles. The summed E-state index contributed by atoms with van der Waals surface area (Å²) in [5.41, 5.74) is -0.357. The summed E-state index contributed by atoms with van der Waals surface area (Å²) in [5.74, 6) is -3.37. The Morgan fingerprint density at radius 2 is 2.05 bits per heavy atom. The van der Waals surface area contributed by atoms with Crippen LogP contribution in [-0.4, -0.2) is 40.1 Å². The van der Waals surface area contributed by atoms with Gasteiger partial charge in [0.1, 0.15) is 17.1 Å². The number of carboxylic acid groups (broad SMARTS) is 1. The molecule has 1 atom stereocenters. The van der Waals surface area contributed by atoms with Gasteiger partial charge in [-0.15, -0.1) is 0 Å². The fourth-order valence-corrected chi connectivity index (χ4v) is 2.08. The van der Waals surface area contributed by atoms with Gasteiger partial charge in [0.15, 0.2) is 0 Å². The monoisotopic (exact) mass is 267 g/mol. The van der Waals surface area contributed by atoms with Gasteiger partial charge in [0.2, 0.25) is 0 Å². The van der Waals surface area contributed by atoms with E-state index in [1.54, 1.807) is 6.92 Å². The first kappa shape index (κ1) is 13.3. The van der Waals surface area contributed by atoms with E-state index in [0.29, 0.717) is 0 Å². The van der Waals surface area contributed by atoms with Crippen LogP contribution in [0.25, 0.3) is 0 Å². The number of aromatic hydroxyl groups is 1. The number of amides is 1. The van der Waals surface area contributed by atoms with Gasteiger partial charge in [-0.2, -0.15) is 0 Å². The van der Waals surface area contributed by atoms with E-state index in [4.69, 9.17) is 5.11 Å². The maximum absolute atomic E-state index is 13.5. The van der Waals surface area contributed by atoms with E-state index in [2.05, 4.69) is 0 Å². The summed E-state index contributed by atoms with van der Waals surface area (Å²) in [4.78, 5) is 24.1. The molecule has 19 heavy (non-hydrogen) atoms. The topological polar surface area (TPSA) is 77.8 Å². The van der Waals surface area contributed by atoms with Crippen molar-refractivity contribution >= 4 is 11.9 Å². The van der Waals surface area contributed by atoms with Crippen molar-refractivity contribution in [1.82, 2.24) is 4.90 Å². The largest absolute Gasteiger partial charge is 0.507 e.